The number of fused-ring (bicyclic) bond motifs is 1. The highest BCUT2D eigenvalue weighted by atomic mass is 32.1. The molecule has 0 radical (unpaired) electrons. The van der Waals surface area contributed by atoms with Gasteiger partial charge in [0.05, 0.1) is 11.4 Å². The zero-order valence-electron chi connectivity index (χ0n) is 14.8. The van der Waals surface area contributed by atoms with Crippen molar-refractivity contribution < 1.29 is 0 Å². The number of thiophene rings is 1. The van der Waals surface area contributed by atoms with Crippen molar-refractivity contribution in [1.29, 1.82) is 0 Å². The van der Waals surface area contributed by atoms with Gasteiger partial charge in [-0.05, 0) is 45.3 Å². The van der Waals surface area contributed by atoms with Crippen LogP contribution in [0.3, 0.4) is 0 Å². The highest BCUT2D eigenvalue weighted by Gasteiger charge is 2.26. The maximum absolute atomic E-state index is 13.3. The number of rotatable bonds is 3. The Morgan fingerprint density at radius 1 is 1.35 bits per heavy atom. The summed E-state index contributed by atoms with van der Waals surface area (Å²) in [4.78, 5) is 22.8. The molecule has 0 N–H and O–H groups in total. The molecule has 2 aromatic rings. The van der Waals surface area contributed by atoms with Crippen LogP contribution in [0.1, 0.15) is 61.8 Å². The van der Waals surface area contributed by atoms with Crippen LogP contribution < -0.4 is 5.56 Å². The minimum atomic E-state index is 0.170. The van der Waals surface area contributed by atoms with E-state index in [0.717, 1.165) is 54.1 Å². The summed E-state index contributed by atoms with van der Waals surface area (Å²) in [6.07, 6.45) is 2.23. The van der Waals surface area contributed by atoms with Crippen molar-refractivity contribution in [3.05, 3.63) is 26.6 Å². The second-order valence-corrected chi connectivity index (χ2v) is 8.16. The lowest BCUT2D eigenvalue weighted by Gasteiger charge is -2.34. The first-order valence-corrected chi connectivity index (χ1v) is 9.50. The summed E-state index contributed by atoms with van der Waals surface area (Å²) < 4.78 is 2.02. The molecule has 3 heterocycles. The molecule has 23 heavy (non-hydrogen) atoms. The number of hydrogen-bond acceptors (Lipinski definition) is 4. The van der Waals surface area contributed by atoms with Gasteiger partial charge in [-0.15, -0.1) is 11.3 Å². The zero-order valence-corrected chi connectivity index (χ0v) is 15.7. The van der Waals surface area contributed by atoms with Crippen molar-refractivity contribution in [2.75, 3.05) is 19.6 Å². The average molecular weight is 334 g/mol. The number of hydrogen-bond donors (Lipinski definition) is 0. The van der Waals surface area contributed by atoms with Gasteiger partial charge in [0.2, 0.25) is 0 Å². The van der Waals surface area contributed by atoms with Crippen LogP contribution in [0.2, 0.25) is 0 Å². The van der Waals surface area contributed by atoms with Crippen molar-refractivity contribution >= 4 is 21.6 Å². The molecule has 0 saturated carbocycles. The van der Waals surface area contributed by atoms with Gasteiger partial charge in [0, 0.05) is 17.3 Å². The molecular weight excluding hydrogens is 306 g/mol. The molecule has 2 aromatic heterocycles. The molecule has 1 aliphatic rings. The van der Waals surface area contributed by atoms with E-state index in [4.69, 9.17) is 4.98 Å². The van der Waals surface area contributed by atoms with Crippen molar-refractivity contribution in [3.63, 3.8) is 0 Å². The van der Waals surface area contributed by atoms with E-state index in [1.807, 2.05) is 4.57 Å². The van der Waals surface area contributed by atoms with Crippen LogP contribution in [0.4, 0.5) is 0 Å². The Morgan fingerprint density at radius 2 is 2.09 bits per heavy atom. The van der Waals surface area contributed by atoms with Crippen LogP contribution in [-0.2, 0) is 0 Å². The Bertz CT molecular complexity index is 775. The molecule has 3 rings (SSSR count). The third-order valence-corrected chi connectivity index (χ3v) is 6.17. The molecule has 1 atom stereocenters. The second-order valence-electron chi connectivity index (χ2n) is 6.95. The third kappa shape index (κ3) is 2.85. The molecule has 5 heteroatoms. The lowest BCUT2D eigenvalue weighted by atomic mass is 10.0. The molecule has 1 saturated heterocycles. The van der Waals surface area contributed by atoms with Crippen LogP contribution >= 0.6 is 11.3 Å². The van der Waals surface area contributed by atoms with Gasteiger partial charge >= 0.3 is 0 Å². The fraction of sp³-hybridized carbons (Fsp3) is 0.667. The number of nitrogens with zero attached hydrogens (tertiary/aromatic N) is 3. The zero-order chi connectivity index (χ0) is 16.7. The Hall–Kier alpha value is -1.20. The molecule has 0 amide bonds. The second kappa shape index (κ2) is 6.36. The van der Waals surface area contributed by atoms with Gasteiger partial charge < -0.3 is 4.90 Å². The molecule has 4 nitrogen and oxygen atoms in total. The fourth-order valence-electron chi connectivity index (χ4n) is 3.61. The largest absolute Gasteiger partial charge is 0.302 e. The monoisotopic (exact) mass is 333 g/mol. The standard InChI is InChI=1S/C18H27N3OS/c1-6-20-9-7-8-14(10-20)21-16(11(2)3)19-17-15(18(21)22)12(4)13(5)23-17/h11,14H,6-10H2,1-5H3. The van der Waals surface area contributed by atoms with E-state index >= 15 is 0 Å². The molecule has 1 unspecified atom stereocenters. The predicted molar refractivity (Wildman–Crippen MR) is 97.8 cm³/mol. The van der Waals surface area contributed by atoms with Crippen molar-refractivity contribution in [3.8, 4) is 0 Å². The first-order chi connectivity index (χ1) is 10.9. The molecule has 0 aliphatic carbocycles. The van der Waals surface area contributed by atoms with Gasteiger partial charge in [0.15, 0.2) is 0 Å². The van der Waals surface area contributed by atoms with Crippen LogP contribution in [0.25, 0.3) is 10.2 Å². The minimum Gasteiger partial charge on any atom is -0.302 e. The summed E-state index contributed by atoms with van der Waals surface area (Å²) in [6.45, 7) is 13.8. The third-order valence-electron chi connectivity index (χ3n) is 5.07. The van der Waals surface area contributed by atoms with E-state index in [0.29, 0.717) is 0 Å². The Labute approximate surface area is 142 Å². The van der Waals surface area contributed by atoms with Gasteiger partial charge in [0.1, 0.15) is 10.7 Å². The summed E-state index contributed by atoms with van der Waals surface area (Å²) in [5.74, 6) is 1.21. The smallest absolute Gasteiger partial charge is 0.262 e. The Morgan fingerprint density at radius 3 is 2.74 bits per heavy atom. The van der Waals surface area contributed by atoms with Crippen molar-refractivity contribution in [1.82, 2.24) is 14.5 Å². The van der Waals surface area contributed by atoms with Crippen LogP contribution in [0.5, 0.6) is 0 Å². The molecule has 0 bridgehead atoms. The van der Waals surface area contributed by atoms with E-state index in [1.165, 1.54) is 4.88 Å². The first-order valence-electron chi connectivity index (χ1n) is 8.68. The maximum Gasteiger partial charge on any atom is 0.262 e. The molecule has 1 aliphatic heterocycles. The fourth-order valence-corrected chi connectivity index (χ4v) is 4.64. The summed E-state index contributed by atoms with van der Waals surface area (Å²) in [7, 11) is 0. The average Bonchev–Trinajstić information content (AvgIpc) is 2.82. The topological polar surface area (TPSA) is 38.1 Å². The first kappa shape index (κ1) is 16.7. The van der Waals surface area contributed by atoms with Crippen LogP contribution in [-0.4, -0.2) is 34.1 Å². The lowest BCUT2D eigenvalue weighted by molar-refractivity contribution is 0.180. The molecular formula is C18H27N3OS. The number of aromatic nitrogens is 2. The van der Waals surface area contributed by atoms with Crippen molar-refractivity contribution in [2.24, 2.45) is 0 Å². The van der Waals surface area contributed by atoms with E-state index in [2.05, 4.69) is 39.5 Å². The number of piperidine rings is 1. The van der Waals surface area contributed by atoms with E-state index in [9.17, 15) is 4.79 Å². The highest BCUT2D eigenvalue weighted by Crippen LogP contribution is 2.30. The predicted octanol–water partition coefficient (Wildman–Crippen LogP) is 3.86. The molecule has 0 spiro atoms. The van der Waals surface area contributed by atoms with Gasteiger partial charge in [0.25, 0.3) is 5.56 Å². The van der Waals surface area contributed by atoms with Gasteiger partial charge in [-0.25, -0.2) is 4.98 Å². The SMILES string of the molecule is CCN1CCCC(n2c(C(C)C)nc3sc(C)c(C)c3c2=O)C1. The van der Waals surface area contributed by atoms with Crippen LogP contribution in [0.15, 0.2) is 4.79 Å². The highest BCUT2D eigenvalue weighted by molar-refractivity contribution is 7.18. The van der Waals surface area contributed by atoms with E-state index in [1.54, 1.807) is 11.3 Å². The minimum absolute atomic E-state index is 0.170. The molecule has 1 fully saturated rings. The number of likely N-dealkylation sites (N-methyl/N-ethyl adjacent to an activating group) is 1. The summed E-state index contributed by atoms with van der Waals surface area (Å²) in [5.41, 5.74) is 1.28. The summed E-state index contributed by atoms with van der Waals surface area (Å²) in [5, 5.41) is 0.838. The van der Waals surface area contributed by atoms with Gasteiger partial charge in [-0.1, -0.05) is 20.8 Å². The summed E-state index contributed by atoms with van der Waals surface area (Å²) in [6, 6.07) is 0.255. The number of aryl methyl sites for hydroxylation is 2. The van der Waals surface area contributed by atoms with E-state index in [-0.39, 0.29) is 17.5 Å². The number of likely N-dealkylation sites (tertiary alicyclic amines) is 1. The Balaban J connectivity index is 2.21. The lowest BCUT2D eigenvalue weighted by Crippen LogP contribution is -2.41. The van der Waals surface area contributed by atoms with Gasteiger partial charge in [-0.3, -0.25) is 9.36 Å². The molecule has 0 aromatic carbocycles. The summed E-state index contributed by atoms with van der Waals surface area (Å²) >= 11 is 1.65. The van der Waals surface area contributed by atoms with Crippen molar-refractivity contribution in [2.45, 2.75) is 59.4 Å². The van der Waals surface area contributed by atoms with Crippen LogP contribution in [0, 0.1) is 13.8 Å². The quantitative estimate of drug-likeness (QED) is 0.856. The normalized spacial score (nSPS) is 19.8. The Kier molecular flexibility index (Phi) is 4.61. The molecule has 126 valence electrons. The van der Waals surface area contributed by atoms with Gasteiger partial charge in [-0.2, -0.15) is 0 Å². The maximum atomic E-state index is 13.3. The van der Waals surface area contributed by atoms with E-state index < -0.39 is 0 Å².